The summed E-state index contributed by atoms with van der Waals surface area (Å²) in [5.74, 6) is -4.12. The Morgan fingerprint density at radius 1 is 1.50 bits per heavy atom. The minimum absolute atomic E-state index is 0.0574. The van der Waals surface area contributed by atoms with Crippen LogP contribution in [0.2, 0.25) is 0 Å². The largest absolute Gasteiger partial charge is 0.461 e. The number of hydrogen-bond acceptors (Lipinski definition) is 3. The van der Waals surface area contributed by atoms with E-state index in [-0.39, 0.29) is 12.7 Å². The standard InChI is InChI=1S/C9H7F4NO2/c1-2-16-9(15)6-5(10)3-4(7(11)12)8(13)14-6/h3,7H,2H2,1H3. The molecule has 0 fully saturated rings. The molecule has 0 N–H and O–H groups in total. The maximum absolute atomic E-state index is 13.1. The topological polar surface area (TPSA) is 39.2 Å². The van der Waals surface area contributed by atoms with Crippen molar-refractivity contribution in [2.45, 2.75) is 13.3 Å². The van der Waals surface area contributed by atoms with E-state index in [0.29, 0.717) is 0 Å². The number of alkyl halides is 2. The lowest BCUT2D eigenvalue weighted by molar-refractivity contribution is 0.0510. The van der Waals surface area contributed by atoms with Gasteiger partial charge in [-0.05, 0) is 13.0 Å². The summed E-state index contributed by atoms with van der Waals surface area (Å²) in [6.45, 7) is 1.40. The quantitative estimate of drug-likeness (QED) is 0.460. The fourth-order valence-corrected chi connectivity index (χ4v) is 0.976. The summed E-state index contributed by atoms with van der Waals surface area (Å²) < 4.78 is 54.6. The number of carbonyl (C=O) groups excluding carboxylic acids is 1. The van der Waals surface area contributed by atoms with Crippen molar-refractivity contribution in [3.05, 3.63) is 29.1 Å². The third-order valence-electron chi connectivity index (χ3n) is 1.66. The van der Waals surface area contributed by atoms with Gasteiger partial charge in [0.25, 0.3) is 6.43 Å². The maximum Gasteiger partial charge on any atom is 0.360 e. The van der Waals surface area contributed by atoms with E-state index < -0.39 is 35.4 Å². The second-order valence-electron chi connectivity index (χ2n) is 2.72. The lowest BCUT2D eigenvalue weighted by atomic mass is 10.2. The summed E-state index contributed by atoms with van der Waals surface area (Å²) >= 11 is 0. The number of pyridine rings is 1. The van der Waals surface area contributed by atoms with Crippen molar-refractivity contribution in [2.75, 3.05) is 6.61 Å². The molecule has 1 aromatic rings. The molecule has 3 nitrogen and oxygen atoms in total. The van der Waals surface area contributed by atoms with Crippen LogP contribution in [0.25, 0.3) is 0 Å². The third kappa shape index (κ3) is 2.47. The fourth-order valence-electron chi connectivity index (χ4n) is 0.976. The zero-order chi connectivity index (χ0) is 12.3. The molecular formula is C9H7F4NO2. The molecule has 0 spiro atoms. The summed E-state index contributed by atoms with van der Waals surface area (Å²) in [4.78, 5) is 13.8. The van der Waals surface area contributed by atoms with Gasteiger partial charge >= 0.3 is 5.97 Å². The first-order chi connectivity index (χ1) is 7.47. The molecule has 0 saturated carbocycles. The highest BCUT2D eigenvalue weighted by Crippen LogP contribution is 2.22. The first-order valence-corrected chi connectivity index (χ1v) is 4.28. The van der Waals surface area contributed by atoms with Crippen molar-refractivity contribution < 1.29 is 27.1 Å². The molecular weight excluding hydrogens is 230 g/mol. The minimum Gasteiger partial charge on any atom is -0.461 e. The zero-order valence-electron chi connectivity index (χ0n) is 8.14. The molecule has 0 saturated heterocycles. The van der Waals surface area contributed by atoms with Crippen LogP contribution in [0.4, 0.5) is 17.6 Å². The smallest absolute Gasteiger partial charge is 0.360 e. The van der Waals surface area contributed by atoms with Crippen LogP contribution in [0.3, 0.4) is 0 Å². The number of halogens is 4. The van der Waals surface area contributed by atoms with Crippen molar-refractivity contribution in [2.24, 2.45) is 0 Å². The first-order valence-electron chi connectivity index (χ1n) is 4.28. The number of carbonyl (C=O) groups is 1. The van der Waals surface area contributed by atoms with Crippen LogP contribution in [0.15, 0.2) is 6.07 Å². The highest BCUT2D eigenvalue weighted by Gasteiger charge is 2.22. The van der Waals surface area contributed by atoms with Crippen LogP contribution in [-0.2, 0) is 4.74 Å². The van der Waals surface area contributed by atoms with Gasteiger partial charge in [0, 0.05) is 0 Å². The van der Waals surface area contributed by atoms with Gasteiger partial charge < -0.3 is 4.74 Å². The Balaban J connectivity index is 3.15. The number of aromatic nitrogens is 1. The molecule has 1 rings (SSSR count). The Morgan fingerprint density at radius 2 is 2.12 bits per heavy atom. The highest BCUT2D eigenvalue weighted by atomic mass is 19.3. The van der Waals surface area contributed by atoms with Crippen molar-refractivity contribution in [1.29, 1.82) is 0 Å². The molecule has 7 heteroatoms. The van der Waals surface area contributed by atoms with Crippen molar-refractivity contribution in [3.8, 4) is 0 Å². The van der Waals surface area contributed by atoms with Crippen molar-refractivity contribution in [1.82, 2.24) is 4.98 Å². The van der Waals surface area contributed by atoms with Gasteiger partial charge in [0.1, 0.15) is 0 Å². The summed E-state index contributed by atoms with van der Waals surface area (Å²) in [6, 6.07) is 0.235. The lowest BCUT2D eigenvalue weighted by Gasteiger charge is -2.05. The molecule has 0 unspecified atom stereocenters. The SMILES string of the molecule is CCOC(=O)c1nc(F)c(C(F)F)cc1F. The average Bonchev–Trinajstić information content (AvgIpc) is 2.20. The summed E-state index contributed by atoms with van der Waals surface area (Å²) in [6.07, 6.45) is -3.20. The zero-order valence-corrected chi connectivity index (χ0v) is 8.14. The third-order valence-corrected chi connectivity index (χ3v) is 1.66. The van der Waals surface area contributed by atoms with Crippen molar-refractivity contribution in [3.63, 3.8) is 0 Å². The Hall–Kier alpha value is -1.66. The monoisotopic (exact) mass is 237 g/mol. The molecule has 0 atom stereocenters. The Labute approximate surface area is 88.0 Å². The molecule has 0 aliphatic heterocycles. The van der Waals surface area contributed by atoms with Crippen LogP contribution in [0.5, 0.6) is 0 Å². The molecule has 0 aromatic carbocycles. The molecule has 88 valence electrons. The van der Waals surface area contributed by atoms with Gasteiger partial charge in [-0.3, -0.25) is 0 Å². The van der Waals surface area contributed by atoms with Crippen LogP contribution in [0.1, 0.15) is 29.4 Å². The van der Waals surface area contributed by atoms with Gasteiger partial charge in [0.05, 0.1) is 12.2 Å². The van der Waals surface area contributed by atoms with Gasteiger partial charge in [-0.1, -0.05) is 0 Å². The van der Waals surface area contributed by atoms with E-state index in [4.69, 9.17) is 0 Å². The van der Waals surface area contributed by atoms with E-state index in [2.05, 4.69) is 9.72 Å². The Bertz CT molecular complexity index is 409. The molecule has 0 bridgehead atoms. The van der Waals surface area contributed by atoms with Crippen LogP contribution >= 0.6 is 0 Å². The van der Waals surface area contributed by atoms with Crippen LogP contribution in [-0.4, -0.2) is 17.6 Å². The number of rotatable bonds is 3. The second kappa shape index (κ2) is 4.91. The second-order valence-corrected chi connectivity index (χ2v) is 2.72. The summed E-state index contributed by atoms with van der Waals surface area (Å²) in [5.41, 5.74) is -2.13. The lowest BCUT2D eigenvalue weighted by Crippen LogP contribution is -2.12. The van der Waals surface area contributed by atoms with E-state index in [1.54, 1.807) is 0 Å². The Kier molecular flexibility index (Phi) is 3.81. The van der Waals surface area contributed by atoms with Gasteiger partial charge in [-0.2, -0.15) is 4.39 Å². The number of esters is 1. The maximum atomic E-state index is 13.1. The van der Waals surface area contributed by atoms with Crippen molar-refractivity contribution >= 4 is 5.97 Å². The fraction of sp³-hybridized carbons (Fsp3) is 0.333. The van der Waals surface area contributed by atoms with E-state index in [1.807, 2.05) is 0 Å². The number of ether oxygens (including phenoxy) is 1. The molecule has 1 heterocycles. The van der Waals surface area contributed by atoms with Crippen LogP contribution < -0.4 is 0 Å². The van der Waals surface area contributed by atoms with E-state index in [9.17, 15) is 22.4 Å². The highest BCUT2D eigenvalue weighted by molar-refractivity contribution is 5.87. The average molecular weight is 237 g/mol. The predicted molar refractivity (Wildman–Crippen MR) is 45.1 cm³/mol. The molecule has 1 aromatic heterocycles. The molecule has 0 amide bonds. The predicted octanol–water partition coefficient (Wildman–Crippen LogP) is 2.47. The van der Waals surface area contributed by atoms with E-state index in [1.165, 1.54) is 6.92 Å². The number of hydrogen-bond donors (Lipinski definition) is 0. The van der Waals surface area contributed by atoms with Crippen LogP contribution in [0, 0.1) is 11.8 Å². The molecule has 0 aliphatic rings. The van der Waals surface area contributed by atoms with Gasteiger partial charge in [-0.25, -0.2) is 22.9 Å². The van der Waals surface area contributed by atoms with Gasteiger partial charge in [-0.15, -0.1) is 0 Å². The van der Waals surface area contributed by atoms with E-state index in [0.717, 1.165) is 0 Å². The van der Waals surface area contributed by atoms with E-state index >= 15 is 0 Å². The minimum atomic E-state index is -3.20. The molecule has 0 radical (unpaired) electrons. The Morgan fingerprint density at radius 3 is 2.62 bits per heavy atom. The number of nitrogens with zero attached hydrogens (tertiary/aromatic N) is 1. The normalized spacial score (nSPS) is 10.6. The summed E-state index contributed by atoms with van der Waals surface area (Å²) in [7, 11) is 0. The molecule has 16 heavy (non-hydrogen) atoms. The molecule has 0 aliphatic carbocycles. The van der Waals surface area contributed by atoms with Gasteiger partial charge in [0.15, 0.2) is 11.5 Å². The summed E-state index contributed by atoms with van der Waals surface area (Å²) in [5, 5.41) is 0. The first kappa shape index (κ1) is 12.4. The van der Waals surface area contributed by atoms with Gasteiger partial charge in [0.2, 0.25) is 5.95 Å².